The highest BCUT2D eigenvalue weighted by molar-refractivity contribution is 7.19. The monoisotopic (exact) mass is 247 g/mol. The number of carboxylic acids is 1. The lowest BCUT2D eigenvalue weighted by Gasteiger charge is -2.28. The number of carbonyl (C=O) groups excluding carboxylic acids is 1. The van der Waals surface area contributed by atoms with Crippen molar-refractivity contribution in [3.63, 3.8) is 0 Å². The molecule has 0 radical (unpaired) electrons. The lowest BCUT2D eigenvalue weighted by Crippen LogP contribution is -2.44. The van der Waals surface area contributed by atoms with Gasteiger partial charge < -0.3 is 10.4 Å². The fraction of sp³-hybridized carbons (Fsp3) is 0.818. The molecule has 0 aromatic carbocycles. The maximum Gasteiger partial charge on any atom is 0.307 e. The van der Waals surface area contributed by atoms with Crippen molar-refractivity contribution < 1.29 is 14.7 Å². The second-order valence-electron chi connectivity index (χ2n) is 5.71. The molecule has 0 bridgehead atoms. The molecule has 0 fully saturated rings. The number of hydrogen-bond acceptors (Lipinski definition) is 2. The summed E-state index contributed by atoms with van der Waals surface area (Å²) in [6.07, 6.45) is 0.00308. The fourth-order valence-corrected chi connectivity index (χ4v) is 1.58. The van der Waals surface area contributed by atoms with Crippen LogP contribution in [-0.2, 0) is 9.59 Å². The van der Waals surface area contributed by atoms with Gasteiger partial charge in [-0.25, -0.2) is 0 Å². The standard InChI is InChI=1S/C11H22NO3P/c1-10(2,3)12-8(13)6-7(9(14)15)11(4,5)16/h7H,6,16H2,1-5H3,(H,12,13)(H,14,15)/t7-/m1/s1. The Balaban J connectivity index is 4.56. The fourth-order valence-electron chi connectivity index (χ4n) is 1.32. The zero-order chi connectivity index (χ0) is 13.1. The Bertz CT molecular complexity index is 276. The van der Waals surface area contributed by atoms with Gasteiger partial charge in [-0.15, -0.1) is 9.24 Å². The number of amides is 1. The van der Waals surface area contributed by atoms with Crippen LogP contribution in [-0.4, -0.2) is 27.7 Å². The van der Waals surface area contributed by atoms with E-state index in [2.05, 4.69) is 14.6 Å². The number of aliphatic carboxylic acids is 1. The summed E-state index contributed by atoms with van der Waals surface area (Å²) in [6, 6.07) is 0. The topological polar surface area (TPSA) is 66.4 Å². The Hall–Kier alpha value is -0.630. The van der Waals surface area contributed by atoms with Gasteiger partial charge in [-0.05, 0) is 25.9 Å². The molecule has 1 amide bonds. The lowest BCUT2D eigenvalue weighted by atomic mass is 9.91. The number of carboxylic acid groups (broad SMARTS) is 1. The molecule has 0 aliphatic carbocycles. The molecular weight excluding hydrogens is 225 g/mol. The van der Waals surface area contributed by atoms with Crippen LogP contribution >= 0.6 is 9.24 Å². The number of hydrogen-bond donors (Lipinski definition) is 2. The molecule has 0 aliphatic rings. The van der Waals surface area contributed by atoms with Crippen molar-refractivity contribution in [1.82, 2.24) is 5.32 Å². The van der Waals surface area contributed by atoms with Crippen LogP contribution < -0.4 is 5.32 Å². The summed E-state index contributed by atoms with van der Waals surface area (Å²) in [4.78, 5) is 22.7. The second kappa shape index (κ2) is 5.13. The van der Waals surface area contributed by atoms with Crippen LogP contribution in [0.2, 0.25) is 0 Å². The van der Waals surface area contributed by atoms with Gasteiger partial charge in [-0.3, -0.25) is 9.59 Å². The summed E-state index contributed by atoms with van der Waals surface area (Å²) in [5.74, 6) is -1.86. The van der Waals surface area contributed by atoms with Crippen LogP contribution in [0.5, 0.6) is 0 Å². The Kier molecular flexibility index (Phi) is 4.93. The normalized spacial score (nSPS) is 14.4. The average molecular weight is 247 g/mol. The predicted molar refractivity (Wildman–Crippen MR) is 67.4 cm³/mol. The SMILES string of the molecule is CC(C)(C)NC(=O)C[C@H](C(=O)O)C(C)(C)P. The minimum atomic E-state index is -0.941. The van der Waals surface area contributed by atoms with Crippen molar-refractivity contribution in [2.75, 3.05) is 0 Å². The van der Waals surface area contributed by atoms with Gasteiger partial charge in [0.2, 0.25) is 5.91 Å². The third kappa shape index (κ3) is 6.06. The summed E-state index contributed by atoms with van der Waals surface area (Å²) in [5.41, 5.74) is -0.328. The zero-order valence-corrected chi connectivity index (χ0v) is 11.8. The van der Waals surface area contributed by atoms with E-state index in [-0.39, 0.29) is 17.9 Å². The first-order chi connectivity index (χ1) is 6.93. The number of rotatable bonds is 4. The summed E-state index contributed by atoms with van der Waals surface area (Å²) in [6.45, 7) is 9.19. The highest BCUT2D eigenvalue weighted by atomic mass is 31.0. The smallest absolute Gasteiger partial charge is 0.307 e. The van der Waals surface area contributed by atoms with E-state index >= 15 is 0 Å². The van der Waals surface area contributed by atoms with Gasteiger partial charge in [-0.2, -0.15) is 0 Å². The highest BCUT2D eigenvalue weighted by Gasteiger charge is 2.33. The molecule has 5 heteroatoms. The average Bonchev–Trinajstić information content (AvgIpc) is 1.93. The predicted octanol–water partition coefficient (Wildman–Crippen LogP) is 1.65. The maximum absolute atomic E-state index is 11.6. The first-order valence-corrected chi connectivity index (χ1v) is 5.84. The molecule has 1 unspecified atom stereocenters. The molecule has 0 rings (SSSR count). The molecule has 94 valence electrons. The first-order valence-electron chi connectivity index (χ1n) is 5.26. The van der Waals surface area contributed by atoms with E-state index in [1.54, 1.807) is 13.8 Å². The van der Waals surface area contributed by atoms with E-state index < -0.39 is 17.0 Å². The van der Waals surface area contributed by atoms with Gasteiger partial charge in [-0.1, -0.05) is 13.8 Å². The van der Waals surface area contributed by atoms with Crippen molar-refractivity contribution >= 4 is 21.1 Å². The zero-order valence-electron chi connectivity index (χ0n) is 10.6. The van der Waals surface area contributed by atoms with E-state index in [9.17, 15) is 9.59 Å². The molecule has 2 atom stereocenters. The van der Waals surface area contributed by atoms with Crippen molar-refractivity contribution in [2.24, 2.45) is 5.92 Å². The van der Waals surface area contributed by atoms with E-state index in [1.165, 1.54) is 0 Å². The Labute approximate surface area is 99.4 Å². The Morgan fingerprint density at radius 2 is 1.69 bits per heavy atom. The molecule has 0 saturated carbocycles. The van der Waals surface area contributed by atoms with Crippen molar-refractivity contribution in [2.45, 2.75) is 51.7 Å². The van der Waals surface area contributed by atoms with Crippen molar-refractivity contribution in [3.05, 3.63) is 0 Å². The quantitative estimate of drug-likeness (QED) is 0.742. The van der Waals surface area contributed by atoms with Gasteiger partial charge in [0, 0.05) is 12.0 Å². The van der Waals surface area contributed by atoms with E-state index in [0.29, 0.717) is 0 Å². The van der Waals surface area contributed by atoms with Gasteiger partial charge >= 0.3 is 5.97 Å². The molecule has 2 N–H and O–H groups in total. The van der Waals surface area contributed by atoms with E-state index in [0.717, 1.165) is 0 Å². The van der Waals surface area contributed by atoms with Gasteiger partial charge in [0.1, 0.15) is 0 Å². The number of carbonyl (C=O) groups is 2. The van der Waals surface area contributed by atoms with Crippen LogP contribution in [0.1, 0.15) is 41.0 Å². The number of nitrogens with one attached hydrogen (secondary N) is 1. The Morgan fingerprint density at radius 3 is 1.94 bits per heavy atom. The van der Waals surface area contributed by atoms with Crippen LogP contribution in [0.15, 0.2) is 0 Å². The summed E-state index contributed by atoms with van der Waals surface area (Å²) >= 11 is 0. The molecular formula is C11H22NO3P. The molecule has 4 nitrogen and oxygen atoms in total. The van der Waals surface area contributed by atoms with Gasteiger partial charge in [0.15, 0.2) is 0 Å². The molecule has 0 aromatic rings. The Morgan fingerprint density at radius 1 is 1.25 bits per heavy atom. The third-order valence-corrected chi connectivity index (χ3v) is 2.50. The van der Waals surface area contributed by atoms with Gasteiger partial charge in [0.25, 0.3) is 0 Å². The molecule has 0 heterocycles. The minimum Gasteiger partial charge on any atom is -0.481 e. The van der Waals surface area contributed by atoms with Crippen molar-refractivity contribution in [1.29, 1.82) is 0 Å². The lowest BCUT2D eigenvalue weighted by molar-refractivity contribution is -0.145. The summed E-state index contributed by atoms with van der Waals surface area (Å²) < 4.78 is 0. The minimum absolute atomic E-state index is 0.00308. The van der Waals surface area contributed by atoms with Gasteiger partial charge in [0.05, 0.1) is 5.92 Å². The third-order valence-electron chi connectivity index (χ3n) is 2.10. The summed E-state index contributed by atoms with van der Waals surface area (Å²) in [7, 11) is 2.48. The molecule has 0 aromatic heterocycles. The van der Waals surface area contributed by atoms with Crippen LogP contribution in [0.4, 0.5) is 0 Å². The molecule has 0 saturated heterocycles. The van der Waals surface area contributed by atoms with Crippen LogP contribution in [0.3, 0.4) is 0 Å². The molecule has 16 heavy (non-hydrogen) atoms. The van der Waals surface area contributed by atoms with E-state index in [4.69, 9.17) is 5.11 Å². The van der Waals surface area contributed by atoms with Crippen molar-refractivity contribution in [3.8, 4) is 0 Å². The summed E-state index contributed by atoms with van der Waals surface area (Å²) in [5, 5.41) is 11.3. The second-order valence-corrected chi connectivity index (χ2v) is 7.20. The first kappa shape index (κ1) is 15.4. The molecule has 0 spiro atoms. The molecule has 0 aliphatic heterocycles. The maximum atomic E-state index is 11.6. The van der Waals surface area contributed by atoms with E-state index in [1.807, 2.05) is 20.8 Å². The van der Waals surface area contributed by atoms with Crippen LogP contribution in [0.25, 0.3) is 0 Å². The van der Waals surface area contributed by atoms with Crippen LogP contribution in [0, 0.1) is 5.92 Å². The largest absolute Gasteiger partial charge is 0.481 e. The highest BCUT2D eigenvalue weighted by Crippen LogP contribution is 2.29.